The van der Waals surface area contributed by atoms with Crippen LogP contribution in [0.5, 0.6) is 0 Å². The Morgan fingerprint density at radius 2 is 1.89 bits per heavy atom. The van der Waals surface area contributed by atoms with Gasteiger partial charge in [0.25, 0.3) is 5.91 Å². The van der Waals surface area contributed by atoms with E-state index in [0.29, 0.717) is 11.3 Å². The van der Waals surface area contributed by atoms with E-state index in [0.717, 1.165) is 35.6 Å². The fourth-order valence-electron chi connectivity index (χ4n) is 2.93. The summed E-state index contributed by atoms with van der Waals surface area (Å²) in [7, 11) is 0. The van der Waals surface area contributed by atoms with Crippen molar-refractivity contribution in [1.29, 1.82) is 0 Å². The van der Waals surface area contributed by atoms with E-state index < -0.39 is 0 Å². The molecule has 4 nitrogen and oxygen atoms in total. The molecule has 2 heterocycles. The molecule has 0 unspecified atom stereocenters. The Labute approximate surface area is 164 Å². The third kappa shape index (κ3) is 3.94. The van der Waals surface area contributed by atoms with Crippen molar-refractivity contribution in [3.05, 3.63) is 102 Å². The quantitative estimate of drug-likeness (QED) is 0.697. The van der Waals surface area contributed by atoms with Crippen LogP contribution in [0.1, 0.15) is 28.0 Å². The zero-order valence-corrected chi connectivity index (χ0v) is 15.4. The van der Waals surface area contributed by atoms with Crippen molar-refractivity contribution in [2.24, 2.45) is 0 Å². The second kappa shape index (κ2) is 7.81. The van der Waals surface area contributed by atoms with Gasteiger partial charge in [0.05, 0.1) is 0 Å². The van der Waals surface area contributed by atoms with Crippen molar-refractivity contribution in [2.75, 3.05) is 16.8 Å². The second-order valence-corrected chi connectivity index (χ2v) is 6.51. The van der Waals surface area contributed by atoms with Crippen molar-refractivity contribution in [3.63, 3.8) is 0 Å². The number of carbonyl (C=O) groups excluding carboxylic acids is 1. The number of hydrogen-bond donors (Lipinski definition) is 1. The molecule has 1 aliphatic rings. The van der Waals surface area contributed by atoms with Crippen LogP contribution in [-0.4, -0.2) is 17.4 Å². The minimum Gasteiger partial charge on any atom is -0.345 e. The maximum Gasteiger partial charge on any atom is 0.255 e. The van der Waals surface area contributed by atoms with E-state index in [-0.39, 0.29) is 5.91 Å². The molecule has 0 spiro atoms. The van der Waals surface area contributed by atoms with Crippen LogP contribution < -0.4 is 10.2 Å². The summed E-state index contributed by atoms with van der Waals surface area (Å²) in [5, 5.41) is 2.93. The molecule has 0 atom stereocenters. The largest absolute Gasteiger partial charge is 0.345 e. The van der Waals surface area contributed by atoms with Gasteiger partial charge in [-0.2, -0.15) is 0 Å². The van der Waals surface area contributed by atoms with Gasteiger partial charge in [0.2, 0.25) is 0 Å². The fourth-order valence-corrected chi connectivity index (χ4v) is 2.93. The maximum absolute atomic E-state index is 12.6. The monoisotopic (exact) mass is 365 g/mol. The Morgan fingerprint density at radius 3 is 2.57 bits per heavy atom. The predicted molar refractivity (Wildman–Crippen MR) is 112 cm³/mol. The van der Waals surface area contributed by atoms with Gasteiger partial charge in [-0.25, -0.2) is 4.98 Å². The van der Waals surface area contributed by atoms with E-state index in [1.165, 1.54) is 0 Å². The van der Waals surface area contributed by atoms with Crippen molar-refractivity contribution in [3.8, 4) is 11.8 Å². The molecule has 1 aromatic heterocycles. The van der Waals surface area contributed by atoms with E-state index in [1.54, 1.807) is 18.3 Å². The molecule has 1 N–H and O–H groups in total. The zero-order valence-electron chi connectivity index (χ0n) is 15.4. The summed E-state index contributed by atoms with van der Waals surface area (Å²) in [6.45, 7) is 5.01. The molecule has 28 heavy (non-hydrogen) atoms. The average molecular weight is 365 g/mol. The number of carbonyl (C=O) groups is 1. The van der Waals surface area contributed by atoms with Crippen LogP contribution in [0.3, 0.4) is 0 Å². The first-order valence-corrected chi connectivity index (χ1v) is 9.09. The summed E-state index contributed by atoms with van der Waals surface area (Å²) < 4.78 is 0. The molecule has 1 fully saturated rings. The molecule has 4 rings (SSSR count). The number of hydrogen-bond acceptors (Lipinski definition) is 3. The lowest BCUT2D eigenvalue weighted by atomic mass is 10.1. The lowest BCUT2D eigenvalue weighted by Gasteiger charge is -2.35. The van der Waals surface area contributed by atoms with Gasteiger partial charge in [0, 0.05) is 47.4 Å². The van der Waals surface area contributed by atoms with E-state index in [2.05, 4.69) is 33.6 Å². The summed E-state index contributed by atoms with van der Waals surface area (Å²) in [5.74, 6) is 5.89. The van der Waals surface area contributed by atoms with Crippen LogP contribution in [0.4, 0.5) is 11.4 Å². The first-order valence-electron chi connectivity index (χ1n) is 9.09. The Hall–Kier alpha value is -3.84. The number of anilines is 2. The van der Waals surface area contributed by atoms with E-state index in [1.807, 2.05) is 54.6 Å². The summed E-state index contributed by atoms with van der Waals surface area (Å²) in [6.07, 6.45) is 2.75. The maximum atomic E-state index is 12.6. The topological polar surface area (TPSA) is 45.2 Å². The third-order valence-electron chi connectivity index (χ3n) is 4.57. The average Bonchev–Trinajstić information content (AvgIpc) is 2.73. The van der Waals surface area contributed by atoms with Gasteiger partial charge in [-0.1, -0.05) is 24.6 Å². The number of amides is 1. The van der Waals surface area contributed by atoms with Gasteiger partial charge < -0.3 is 10.2 Å². The molecule has 4 heteroatoms. The standard InChI is InChI=1S/C24H19N3O/c1-18-14-16-27(18)23-12-10-22(11-13-23)26-24(28)20-6-4-5-19(17-20)8-9-21-7-2-3-15-25-21/h2-7,10-13,15,17H,1,14,16H2,(H,26,28). The highest BCUT2D eigenvalue weighted by atomic mass is 16.1. The molecular formula is C24H19N3O. The predicted octanol–water partition coefficient (Wildman–Crippen LogP) is 4.46. The van der Waals surface area contributed by atoms with Crippen LogP contribution in [-0.2, 0) is 0 Å². The highest BCUT2D eigenvalue weighted by molar-refractivity contribution is 6.04. The number of nitrogens with one attached hydrogen (secondary N) is 1. The highest BCUT2D eigenvalue weighted by Gasteiger charge is 2.19. The van der Waals surface area contributed by atoms with Crippen LogP contribution in [0.25, 0.3) is 0 Å². The number of rotatable bonds is 3. The van der Waals surface area contributed by atoms with E-state index >= 15 is 0 Å². The normalized spacial score (nSPS) is 12.6. The molecule has 1 amide bonds. The number of benzene rings is 2. The van der Waals surface area contributed by atoms with Gasteiger partial charge in [0.15, 0.2) is 0 Å². The van der Waals surface area contributed by atoms with Crippen LogP contribution in [0.15, 0.2) is 85.2 Å². The van der Waals surface area contributed by atoms with Gasteiger partial charge in [0.1, 0.15) is 5.69 Å². The molecule has 136 valence electrons. The van der Waals surface area contributed by atoms with Crippen molar-refractivity contribution < 1.29 is 4.79 Å². The molecule has 0 radical (unpaired) electrons. The van der Waals surface area contributed by atoms with Crippen LogP contribution >= 0.6 is 0 Å². The molecule has 3 aromatic rings. The van der Waals surface area contributed by atoms with Gasteiger partial charge in [-0.15, -0.1) is 0 Å². The Bertz CT molecular complexity index is 1080. The first kappa shape index (κ1) is 17.6. The van der Waals surface area contributed by atoms with Crippen LogP contribution in [0.2, 0.25) is 0 Å². The van der Waals surface area contributed by atoms with E-state index in [4.69, 9.17) is 0 Å². The molecule has 1 aliphatic heterocycles. The highest BCUT2D eigenvalue weighted by Crippen LogP contribution is 2.29. The molecule has 0 bridgehead atoms. The van der Waals surface area contributed by atoms with Gasteiger partial charge >= 0.3 is 0 Å². The molecule has 1 saturated heterocycles. The van der Waals surface area contributed by atoms with Crippen LogP contribution in [0, 0.1) is 11.8 Å². The summed E-state index contributed by atoms with van der Waals surface area (Å²) in [4.78, 5) is 18.9. The summed E-state index contributed by atoms with van der Waals surface area (Å²) in [5.41, 5.74) is 5.01. The minimum atomic E-state index is -0.164. The van der Waals surface area contributed by atoms with Crippen molar-refractivity contribution in [1.82, 2.24) is 4.98 Å². The number of aromatic nitrogens is 1. The minimum absolute atomic E-state index is 0.164. The van der Waals surface area contributed by atoms with Crippen molar-refractivity contribution in [2.45, 2.75) is 6.42 Å². The molecule has 0 saturated carbocycles. The first-order chi connectivity index (χ1) is 13.7. The Kier molecular flexibility index (Phi) is 4.90. The van der Waals surface area contributed by atoms with Gasteiger partial charge in [-0.3, -0.25) is 4.79 Å². The lowest BCUT2D eigenvalue weighted by molar-refractivity contribution is 0.102. The fraction of sp³-hybridized carbons (Fsp3) is 0.0833. The molecule has 0 aliphatic carbocycles. The summed E-state index contributed by atoms with van der Waals surface area (Å²) >= 11 is 0. The molecule has 2 aromatic carbocycles. The Morgan fingerprint density at radius 1 is 1.04 bits per heavy atom. The van der Waals surface area contributed by atoms with E-state index in [9.17, 15) is 4.79 Å². The SMILES string of the molecule is C=C1CCN1c1ccc(NC(=O)c2cccc(C#Cc3ccccn3)c2)cc1. The molecular weight excluding hydrogens is 346 g/mol. The second-order valence-electron chi connectivity index (χ2n) is 6.51. The van der Waals surface area contributed by atoms with Gasteiger partial charge in [-0.05, 0) is 60.5 Å². The number of nitrogens with zero attached hydrogens (tertiary/aromatic N) is 2. The third-order valence-corrected chi connectivity index (χ3v) is 4.57. The lowest BCUT2D eigenvalue weighted by Crippen LogP contribution is -2.33. The number of pyridine rings is 1. The summed E-state index contributed by atoms with van der Waals surface area (Å²) in [6, 6.07) is 20.7. The smallest absolute Gasteiger partial charge is 0.255 e. The Balaban J connectivity index is 1.45. The van der Waals surface area contributed by atoms with Crippen molar-refractivity contribution >= 4 is 17.3 Å². The zero-order chi connectivity index (χ0) is 19.3.